The summed E-state index contributed by atoms with van der Waals surface area (Å²) in [4.78, 5) is 25.1. The zero-order valence-electron chi connectivity index (χ0n) is 26.0. The van der Waals surface area contributed by atoms with E-state index in [9.17, 15) is 9.59 Å². The van der Waals surface area contributed by atoms with Gasteiger partial charge < -0.3 is 20.1 Å². The number of hydrogen-bond acceptors (Lipinski definition) is 4. The van der Waals surface area contributed by atoms with Crippen molar-refractivity contribution in [3.63, 3.8) is 0 Å². The Bertz CT molecular complexity index is 1420. The molecule has 0 aromatic heterocycles. The number of nitrogens with one attached hydrogen (secondary N) is 2. The van der Waals surface area contributed by atoms with E-state index >= 15 is 0 Å². The summed E-state index contributed by atoms with van der Waals surface area (Å²) in [7, 11) is 0. The van der Waals surface area contributed by atoms with Crippen molar-refractivity contribution in [3.05, 3.63) is 118 Å². The monoisotopic (exact) mass is 578 g/mol. The zero-order valence-corrected chi connectivity index (χ0v) is 26.0. The maximum Gasteiger partial charge on any atom is 0.262 e. The summed E-state index contributed by atoms with van der Waals surface area (Å²) in [5, 5.41) is 5.82. The minimum Gasteiger partial charge on any atom is -0.483 e. The number of carbonyl (C=O) groups is 2. The van der Waals surface area contributed by atoms with Crippen LogP contribution in [0.5, 0.6) is 11.5 Å². The maximum absolute atomic E-state index is 12.5. The van der Waals surface area contributed by atoms with Gasteiger partial charge in [0.15, 0.2) is 13.2 Å². The first kappa shape index (κ1) is 31.4. The molecule has 0 fully saturated rings. The van der Waals surface area contributed by atoms with E-state index in [2.05, 4.69) is 62.6 Å². The third-order valence-electron chi connectivity index (χ3n) is 7.18. The molecule has 2 amide bonds. The Morgan fingerprint density at radius 3 is 1.30 bits per heavy atom. The molecule has 224 valence electrons. The van der Waals surface area contributed by atoms with Crippen molar-refractivity contribution in [3.8, 4) is 11.5 Å². The van der Waals surface area contributed by atoms with Crippen molar-refractivity contribution in [2.24, 2.45) is 0 Å². The fraction of sp³-hybridized carbons (Fsp3) is 0.297. The van der Waals surface area contributed by atoms with E-state index in [1.54, 1.807) is 0 Å². The van der Waals surface area contributed by atoms with Gasteiger partial charge >= 0.3 is 0 Å². The molecular weight excluding hydrogens is 536 g/mol. The predicted octanol–water partition coefficient (Wildman–Crippen LogP) is 8.18. The Labute approximate surface area is 255 Å². The Morgan fingerprint density at radius 2 is 0.953 bits per heavy atom. The normalized spacial score (nSPS) is 11.0. The summed E-state index contributed by atoms with van der Waals surface area (Å²) in [6.45, 7) is 12.4. The molecule has 0 atom stereocenters. The largest absolute Gasteiger partial charge is 0.483 e. The van der Waals surface area contributed by atoms with E-state index in [0.29, 0.717) is 11.8 Å². The molecule has 0 saturated carbocycles. The summed E-state index contributed by atoms with van der Waals surface area (Å²) >= 11 is 0. The van der Waals surface area contributed by atoms with Gasteiger partial charge in [-0.2, -0.15) is 0 Å². The van der Waals surface area contributed by atoms with E-state index in [4.69, 9.17) is 9.47 Å². The minimum atomic E-state index is -0.203. The summed E-state index contributed by atoms with van der Waals surface area (Å²) in [6.07, 6.45) is 0.728. The Balaban J connectivity index is 1.25. The van der Waals surface area contributed by atoms with Crippen LogP contribution in [0, 0.1) is 13.8 Å². The lowest BCUT2D eigenvalue weighted by Gasteiger charge is -2.15. The Kier molecular flexibility index (Phi) is 10.6. The molecule has 0 aliphatic heterocycles. The Hall–Kier alpha value is -4.58. The number of hydrogen-bond donors (Lipinski definition) is 2. The third kappa shape index (κ3) is 9.20. The number of anilines is 2. The first-order chi connectivity index (χ1) is 20.6. The lowest BCUT2D eigenvalue weighted by molar-refractivity contribution is -0.118. The highest BCUT2D eigenvalue weighted by atomic mass is 16.5. The van der Waals surface area contributed by atoms with Crippen molar-refractivity contribution in [1.29, 1.82) is 0 Å². The van der Waals surface area contributed by atoms with Crippen molar-refractivity contribution in [2.45, 2.75) is 59.8 Å². The number of ether oxygens (including phenoxy) is 2. The topological polar surface area (TPSA) is 76.7 Å². The first-order valence-corrected chi connectivity index (χ1v) is 14.8. The first-order valence-electron chi connectivity index (χ1n) is 14.8. The molecule has 0 heterocycles. The van der Waals surface area contributed by atoms with Crippen molar-refractivity contribution >= 4 is 23.2 Å². The average Bonchev–Trinajstić information content (AvgIpc) is 2.97. The molecular formula is C37H42N2O4. The van der Waals surface area contributed by atoms with Gasteiger partial charge in [0, 0.05) is 11.4 Å². The van der Waals surface area contributed by atoms with Gasteiger partial charge in [-0.1, -0.05) is 76.2 Å². The predicted molar refractivity (Wildman–Crippen MR) is 174 cm³/mol. The second-order valence-corrected chi connectivity index (χ2v) is 11.6. The molecule has 4 aromatic carbocycles. The van der Waals surface area contributed by atoms with Crippen LogP contribution in [-0.4, -0.2) is 25.0 Å². The standard InChI is InChI=1S/C37H42N2O4/c1-24(2)32-17-7-26(5)19-34(32)42-22-36(40)38-30-13-9-28(10-14-30)21-29-11-15-31(16-12-29)39-37(41)23-43-35-20-27(6)8-18-33(35)25(3)4/h7-20,24-25H,21-23H2,1-6H3,(H,38,40)(H,39,41). The van der Waals surface area contributed by atoms with Crippen LogP contribution in [0.25, 0.3) is 0 Å². The Morgan fingerprint density at radius 1 is 0.581 bits per heavy atom. The molecule has 0 aliphatic rings. The number of amides is 2. The van der Waals surface area contributed by atoms with Gasteiger partial charge in [-0.15, -0.1) is 0 Å². The van der Waals surface area contributed by atoms with Gasteiger partial charge in [0.25, 0.3) is 11.8 Å². The molecule has 2 N–H and O–H groups in total. The van der Waals surface area contributed by atoms with E-state index in [0.717, 1.165) is 62.7 Å². The van der Waals surface area contributed by atoms with Gasteiger partial charge in [-0.25, -0.2) is 0 Å². The average molecular weight is 579 g/mol. The smallest absolute Gasteiger partial charge is 0.262 e. The fourth-order valence-electron chi connectivity index (χ4n) is 4.82. The minimum absolute atomic E-state index is 0.0507. The summed E-state index contributed by atoms with van der Waals surface area (Å²) in [6, 6.07) is 27.7. The molecule has 4 rings (SSSR count). The molecule has 43 heavy (non-hydrogen) atoms. The van der Waals surface area contributed by atoms with Gasteiger partial charge in [0.05, 0.1) is 0 Å². The zero-order chi connectivity index (χ0) is 30.9. The van der Waals surface area contributed by atoms with Crippen LogP contribution in [0.1, 0.15) is 72.9 Å². The second kappa shape index (κ2) is 14.5. The van der Waals surface area contributed by atoms with Crippen molar-refractivity contribution < 1.29 is 19.1 Å². The van der Waals surface area contributed by atoms with Gasteiger partial charge in [0.1, 0.15) is 11.5 Å². The molecule has 0 saturated heterocycles. The van der Waals surface area contributed by atoms with Crippen LogP contribution in [0.3, 0.4) is 0 Å². The SMILES string of the molecule is Cc1ccc(C(C)C)c(OCC(=O)Nc2ccc(Cc3ccc(NC(=O)COc4cc(C)ccc4C(C)C)cc3)cc2)c1. The molecule has 6 heteroatoms. The molecule has 0 radical (unpaired) electrons. The van der Waals surface area contributed by atoms with Gasteiger partial charge in [-0.05, 0) is 102 Å². The summed E-state index contributed by atoms with van der Waals surface area (Å²) < 4.78 is 11.7. The van der Waals surface area contributed by atoms with Crippen LogP contribution < -0.4 is 20.1 Å². The molecule has 0 unspecified atom stereocenters. The summed E-state index contributed by atoms with van der Waals surface area (Å²) in [5.74, 6) is 1.72. The lowest BCUT2D eigenvalue weighted by Crippen LogP contribution is -2.20. The number of aryl methyl sites for hydroxylation is 2. The van der Waals surface area contributed by atoms with E-state index in [1.807, 2.05) is 74.5 Å². The van der Waals surface area contributed by atoms with E-state index in [-0.39, 0.29) is 25.0 Å². The van der Waals surface area contributed by atoms with Gasteiger partial charge in [-0.3, -0.25) is 9.59 Å². The van der Waals surface area contributed by atoms with Crippen LogP contribution in [0.2, 0.25) is 0 Å². The molecule has 0 spiro atoms. The molecule has 4 aromatic rings. The van der Waals surface area contributed by atoms with Crippen LogP contribution >= 0.6 is 0 Å². The quantitative estimate of drug-likeness (QED) is 0.178. The van der Waals surface area contributed by atoms with Crippen molar-refractivity contribution in [2.75, 3.05) is 23.8 Å². The highest BCUT2D eigenvalue weighted by Gasteiger charge is 2.12. The molecule has 0 bridgehead atoms. The highest BCUT2D eigenvalue weighted by Crippen LogP contribution is 2.28. The lowest BCUT2D eigenvalue weighted by atomic mass is 10.0. The van der Waals surface area contributed by atoms with Crippen molar-refractivity contribution in [1.82, 2.24) is 0 Å². The van der Waals surface area contributed by atoms with E-state index < -0.39 is 0 Å². The number of carbonyl (C=O) groups excluding carboxylic acids is 2. The third-order valence-corrected chi connectivity index (χ3v) is 7.18. The number of rotatable bonds is 12. The van der Waals surface area contributed by atoms with Crippen LogP contribution in [-0.2, 0) is 16.0 Å². The molecule has 0 aliphatic carbocycles. The van der Waals surface area contributed by atoms with Crippen LogP contribution in [0.15, 0.2) is 84.9 Å². The maximum atomic E-state index is 12.5. The summed E-state index contributed by atoms with van der Waals surface area (Å²) in [5.41, 5.74) is 8.03. The fourth-order valence-corrected chi connectivity index (χ4v) is 4.82. The number of benzene rings is 4. The second-order valence-electron chi connectivity index (χ2n) is 11.6. The van der Waals surface area contributed by atoms with E-state index in [1.165, 1.54) is 0 Å². The highest BCUT2D eigenvalue weighted by molar-refractivity contribution is 5.92. The van der Waals surface area contributed by atoms with Gasteiger partial charge in [0.2, 0.25) is 0 Å². The molecule has 6 nitrogen and oxygen atoms in total. The van der Waals surface area contributed by atoms with Crippen LogP contribution in [0.4, 0.5) is 11.4 Å².